The zero-order valence-electron chi connectivity index (χ0n) is 13.5. The lowest BCUT2D eigenvalue weighted by Crippen LogP contribution is -2.35. The lowest BCUT2D eigenvalue weighted by molar-refractivity contribution is -0.113. The van der Waals surface area contributed by atoms with E-state index in [1.165, 1.54) is 0 Å². The maximum atomic E-state index is 13.1. The fourth-order valence-corrected chi connectivity index (χ4v) is 3.57. The number of hydrogen-bond donors (Lipinski definition) is 2. The molecule has 25 heavy (non-hydrogen) atoms. The van der Waals surface area contributed by atoms with Gasteiger partial charge < -0.3 is 15.5 Å². The fraction of sp³-hybridized carbons (Fsp3) is 0.353. The first kappa shape index (κ1) is 16.1. The van der Waals surface area contributed by atoms with Crippen LogP contribution in [0.5, 0.6) is 0 Å². The summed E-state index contributed by atoms with van der Waals surface area (Å²) in [6, 6.07) is 3.75. The number of amides is 1. The summed E-state index contributed by atoms with van der Waals surface area (Å²) in [4.78, 5) is 26.1. The maximum Gasteiger partial charge on any atom is 0.260 e. The number of aromatic amines is 1. The first-order valence-electron chi connectivity index (χ1n) is 8.21. The standard InChI is InChI=1S/C17H18ClN5O2/c18-14-13-12(8-11-2-1-5-20-11)16(24)23(15(13)22-17(19)21-14)9-10-3-6-25-7-4-10/h1-2,5,8,10,20H,3-4,6-7,9H2,(H2,19,21,22)/b12-8-. The summed E-state index contributed by atoms with van der Waals surface area (Å²) < 4.78 is 5.40. The summed E-state index contributed by atoms with van der Waals surface area (Å²) in [6.07, 6.45) is 5.41. The van der Waals surface area contributed by atoms with Crippen LogP contribution in [0.2, 0.25) is 5.15 Å². The summed E-state index contributed by atoms with van der Waals surface area (Å²) in [5.74, 6) is 0.796. The van der Waals surface area contributed by atoms with Crippen molar-refractivity contribution in [3.8, 4) is 0 Å². The Bertz CT molecular complexity index is 828. The number of aromatic nitrogens is 3. The molecule has 1 saturated heterocycles. The Morgan fingerprint density at radius 1 is 1.40 bits per heavy atom. The molecule has 4 heterocycles. The van der Waals surface area contributed by atoms with E-state index in [4.69, 9.17) is 22.1 Å². The van der Waals surface area contributed by atoms with Crippen LogP contribution in [0.15, 0.2) is 18.3 Å². The molecule has 0 atom stereocenters. The number of H-pyrrole nitrogens is 1. The van der Waals surface area contributed by atoms with Crippen molar-refractivity contribution in [1.82, 2.24) is 15.0 Å². The minimum Gasteiger partial charge on any atom is -0.381 e. The summed E-state index contributed by atoms with van der Waals surface area (Å²) >= 11 is 6.30. The van der Waals surface area contributed by atoms with Gasteiger partial charge in [-0.25, -0.2) is 4.98 Å². The Hall–Kier alpha value is -2.38. The molecule has 7 nitrogen and oxygen atoms in total. The van der Waals surface area contributed by atoms with Gasteiger partial charge >= 0.3 is 0 Å². The van der Waals surface area contributed by atoms with Gasteiger partial charge in [0.15, 0.2) is 5.82 Å². The van der Waals surface area contributed by atoms with Gasteiger partial charge in [-0.3, -0.25) is 9.69 Å². The van der Waals surface area contributed by atoms with Gasteiger partial charge in [-0.05, 0) is 37.0 Å². The number of carbonyl (C=O) groups excluding carboxylic acids is 1. The van der Waals surface area contributed by atoms with Crippen LogP contribution in [0.3, 0.4) is 0 Å². The summed E-state index contributed by atoms with van der Waals surface area (Å²) in [6.45, 7) is 2.01. The third-order valence-electron chi connectivity index (χ3n) is 4.57. The van der Waals surface area contributed by atoms with Crippen LogP contribution >= 0.6 is 11.6 Å². The average Bonchev–Trinajstić information content (AvgIpc) is 3.19. The van der Waals surface area contributed by atoms with E-state index in [2.05, 4.69) is 15.0 Å². The highest BCUT2D eigenvalue weighted by Gasteiger charge is 2.38. The molecule has 0 radical (unpaired) electrons. The Labute approximate surface area is 149 Å². The lowest BCUT2D eigenvalue weighted by Gasteiger charge is -2.26. The van der Waals surface area contributed by atoms with Gasteiger partial charge in [-0.2, -0.15) is 4.98 Å². The van der Waals surface area contributed by atoms with Crippen molar-refractivity contribution in [2.75, 3.05) is 30.4 Å². The largest absolute Gasteiger partial charge is 0.381 e. The molecule has 0 spiro atoms. The van der Waals surface area contributed by atoms with Crippen LogP contribution < -0.4 is 10.6 Å². The first-order chi connectivity index (χ1) is 12.1. The van der Waals surface area contributed by atoms with Gasteiger partial charge in [-0.15, -0.1) is 0 Å². The zero-order valence-corrected chi connectivity index (χ0v) is 14.3. The molecule has 2 aliphatic heterocycles. The van der Waals surface area contributed by atoms with E-state index in [1.807, 2.05) is 12.1 Å². The van der Waals surface area contributed by atoms with Gasteiger partial charge in [0, 0.05) is 31.6 Å². The number of ether oxygens (including phenoxy) is 1. The normalized spacial score (nSPS) is 19.6. The average molecular weight is 360 g/mol. The summed E-state index contributed by atoms with van der Waals surface area (Å²) in [5, 5.41) is 0.197. The molecule has 0 bridgehead atoms. The Kier molecular flexibility index (Phi) is 4.19. The van der Waals surface area contributed by atoms with Gasteiger partial charge in [0.05, 0.1) is 11.1 Å². The number of nitrogens with zero attached hydrogens (tertiary/aromatic N) is 3. The van der Waals surface area contributed by atoms with E-state index in [-0.39, 0.29) is 17.0 Å². The molecule has 2 aliphatic rings. The van der Waals surface area contributed by atoms with Gasteiger partial charge in [0.1, 0.15) is 5.15 Å². The molecule has 0 saturated carbocycles. The Balaban J connectivity index is 1.75. The van der Waals surface area contributed by atoms with Crippen molar-refractivity contribution in [1.29, 1.82) is 0 Å². The number of hydrogen-bond acceptors (Lipinski definition) is 5. The smallest absolute Gasteiger partial charge is 0.260 e. The van der Waals surface area contributed by atoms with Crippen molar-refractivity contribution in [2.45, 2.75) is 12.8 Å². The van der Waals surface area contributed by atoms with Crippen molar-refractivity contribution in [3.63, 3.8) is 0 Å². The van der Waals surface area contributed by atoms with Crippen LogP contribution in [0.25, 0.3) is 11.6 Å². The van der Waals surface area contributed by atoms with E-state index in [9.17, 15) is 4.79 Å². The van der Waals surface area contributed by atoms with E-state index in [0.717, 1.165) is 31.7 Å². The number of carbonyl (C=O) groups is 1. The summed E-state index contributed by atoms with van der Waals surface area (Å²) in [5.41, 5.74) is 7.60. The zero-order chi connectivity index (χ0) is 17.4. The number of halogens is 1. The number of nitrogens with two attached hydrogens (primary N) is 1. The summed E-state index contributed by atoms with van der Waals surface area (Å²) in [7, 11) is 0. The van der Waals surface area contributed by atoms with Crippen LogP contribution in [-0.2, 0) is 9.53 Å². The Morgan fingerprint density at radius 2 is 2.20 bits per heavy atom. The molecule has 2 aromatic rings. The third kappa shape index (κ3) is 3.01. The van der Waals surface area contributed by atoms with Crippen molar-refractivity contribution >= 4 is 40.9 Å². The van der Waals surface area contributed by atoms with E-state index in [0.29, 0.717) is 29.4 Å². The number of rotatable bonds is 3. The second-order valence-corrected chi connectivity index (χ2v) is 6.58. The molecule has 1 amide bonds. The lowest BCUT2D eigenvalue weighted by atomic mass is 10.00. The molecular formula is C17H18ClN5O2. The quantitative estimate of drug-likeness (QED) is 0.647. The topological polar surface area (TPSA) is 97.1 Å². The van der Waals surface area contributed by atoms with Crippen LogP contribution in [0.1, 0.15) is 24.1 Å². The Morgan fingerprint density at radius 3 is 2.92 bits per heavy atom. The molecular weight excluding hydrogens is 342 g/mol. The molecule has 0 unspecified atom stereocenters. The molecule has 130 valence electrons. The number of fused-ring (bicyclic) bond motifs is 1. The van der Waals surface area contributed by atoms with Gasteiger partial charge in [0.2, 0.25) is 5.95 Å². The maximum absolute atomic E-state index is 13.1. The highest BCUT2D eigenvalue weighted by molar-refractivity contribution is 6.41. The number of nitrogen functional groups attached to an aromatic ring is 1. The monoisotopic (exact) mass is 359 g/mol. The molecule has 8 heteroatoms. The molecule has 1 fully saturated rings. The molecule has 4 rings (SSSR count). The number of anilines is 2. The van der Waals surface area contributed by atoms with Gasteiger partial charge in [-0.1, -0.05) is 11.6 Å². The highest BCUT2D eigenvalue weighted by atomic mass is 35.5. The van der Waals surface area contributed by atoms with Crippen LogP contribution in [-0.4, -0.2) is 40.6 Å². The van der Waals surface area contributed by atoms with Crippen molar-refractivity contribution < 1.29 is 9.53 Å². The molecule has 3 N–H and O–H groups in total. The van der Waals surface area contributed by atoms with E-state index in [1.54, 1.807) is 17.2 Å². The van der Waals surface area contributed by atoms with Crippen LogP contribution in [0.4, 0.5) is 11.8 Å². The molecule has 0 aromatic carbocycles. The second kappa shape index (κ2) is 6.50. The van der Waals surface area contributed by atoms with E-state index < -0.39 is 0 Å². The number of nitrogens with one attached hydrogen (secondary N) is 1. The minimum atomic E-state index is -0.127. The van der Waals surface area contributed by atoms with Crippen LogP contribution in [0, 0.1) is 5.92 Å². The molecule has 2 aromatic heterocycles. The predicted molar refractivity (Wildman–Crippen MR) is 96.0 cm³/mol. The third-order valence-corrected chi connectivity index (χ3v) is 4.84. The first-order valence-corrected chi connectivity index (χ1v) is 8.59. The van der Waals surface area contributed by atoms with Crippen molar-refractivity contribution in [3.05, 3.63) is 34.7 Å². The SMILES string of the molecule is Nc1nc(Cl)c2c(n1)N(CC1CCOCC1)C(=O)/C2=C\c1ccc[nH]1. The predicted octanol–water partition coefficient (Wildman–Crippen LogP) is 2.35. The second-order valence-electron chi connectivity index (χ2n) is 6.23. The van der Waals surface area contributed by atoms with E-state index >= 15 is 0 Å². The fourth-order valence-electron chi connectivity index (χ4n) is 3.29. The molecule has 0 aliphatic carbocycles. The van der Waals surface area contributed by atoms with Crippen molar-refractivity contribution in [2.24, 2.45) is 5.92 Å². The minimum absolute atomic E-state index is 0.0645. The van der Waals surface area contributed by atoms with Gasteiger partial charge in [0.25, 0.3) is 5.91 Å². The highest BCUT2D eigenvalue weighted by Crippen LogP contribution is 2.41.